The number of rotatable bonds is 12. The SMILES string of the molecule is Cc1cccc(C)c1SCc1ccc(C(=O)NCC2CCCC(CNc3nccc(NCC4CCCO4)n3)C2)o1. The first-order chi connectivity index (χ1) is 19.5. The summed E-state index contributed by atoms with van der Waals surface area (Å²) in [5.41, 5.74) is 2.53. The Labute approximate surface area is 241 Å². The summed E-state index contributed by atoms with van der Waals surface area (Å²) in [6.45, 7) is 7.38. The third-order valence-electron chi connectivity index (χ3n) is 7.83. The number of carbonyl (C=O) groups excluding carboxylic acids is 1. The topological polar surface area (TPSA) is 101 Å². The monoisotopic (exact) mass is 563 g/mol. The lowest BCUT2D eigenvalue weighted by molar-refractivity contribution is 0.0911. The van der Waals surface area contributed by atoms with Crippen molar-refractivity contribution in [2.75, 3.05) is 36.9 Å². The first-order valence-corrected chi connectivity index (χ1v) is 15.5. The number of anilines is 2. The molecule has 40 heavy (non-hydrogen) atoms. The summed E-state index contributed by atoms with van der Waals surface area (Å²) in [6.07, 6.45) is 8.83. The number of amides is 1. The van der Waals surface area contributed by atoms with Gasteiger partial charge in [-0.3, -0.25) is 4.79 Å². The van der Waals surface area contributed by atoms with E-state index in [2.05, 4.69) is 58.0 Å². The number of carbonyl (C=O) groups is 1. The maximum absolute atomic E-state index is 12.8. The van der Waals surface area contributed by atoms with E-state index in [0.717, 1.165) is 63.4 Å². The van der Waals surface area contributed by atoms with E-state index in [-0.39, 0.29) is 12.0 Å². The van der Waals surface area contributed by atoms with Crippen LogP contribution in [0.1, 0.15) is 66.0 Å². The molecule has 3 atom stereocenters. The summed E-state index contributed by atoms with van der Waals surface area (Å²) >= 11 is 1.75. The molecule has 1 saturated heterocycles. The minimum Gasteiger partial charge on any atom is -0.455 e. The van der Waals surface area contributed by atoms with Crippen LogP contribution in [-0.2, 0) is 10.5 Å². The van der Waals surface area contributed by atoms with Crippen LogP contribution in [0.25, 0.3) is 0 Å². The molecule has 214 valence electrons. The molecule has 2 fully saturated rings. The average Bonchev–Trinajstić information content (AvgIpc) is 3.67. The van der Waals surface area contributed by atoms with Crippen LogP contribution in [0.3, 0.4) is 0 Å². The second-order valence-electron chi connectivity index (χ2n) is 11.0. The minimum atomic E-state index is -0.135. The second-order valence-corrected chi connectivity index (χ2v) is 12.0. The fourth-order valence-electron chi connectivity index (χ4n) is 5.65. The van der Waals surface area contributed by atoms with Crippen LogP contribution in [0.5, 0.6) is 0 Å². The molecule has 0 spiro atoms. The predicted molar refractivity (Wildman–Crippen MR) is 160 cm³/mol. The highest BCUT2D eigenvalue weighted by atomic mass is 32.2. The number of thioether (sulfide) groups is 1. The molecule has 2 aromatic heterocycles. The lowest BCUT2D eigenvalue weighted by atomic mass is 9.81. The van der Waals surface area contributed by atoms with E-state index in [1.54, 1.807) is 24.0 Å². The largest absolute Gasteiger partial charge is 0.455 e. The van der Waals surface area contributed by atoms with Crippen LogP contribution >= 0.6 is 11.8 Å². The van der Waals surface area contributed by atoms with Crippen molar-refractivity contribution in [1.82, 2.24) is 15.3 Å². The molecule has 2 aliphatic rings. The second kappa shape index (κ2) is 14.0. The third-order valence-corrected chi connectivity index (χ3v) is 9.20. The van der Waals surface area contributed by atoms with E-state index in [1.807, 2.05) is 12.1 Å². The molecule has 1 saturated carbocycles. The smallest absolute Gasteiger partial charge is 0.287 e. The molecule has 5 rings (SSSR count). The van der Waals surface area contributed by atoms with Crippen molar-refractivity contribution in [3.05, 3.63) is 65.2 Å². The van der Waals surface area contributed by atoms with Crippen LogP contribution in [0.2, 0.25) is 0 Å². The molecule has 1 amide bonds. The molecule has 1 aliphatic carbocycles. The van der Waals surface area contributed by atoms with Gasteiger partial charge in [-0.05, 0) is 87.1 Å². The molecule has 1 aromatic carbocycles. The maximum Gasteiger partial charge on any atom is 0.287 e. The highest BCUT2D eigenvalue weighted by Gasteiger charge is 2.23. The highest BCUT2D eigenvalue weighted by molar-refractivity contribution is 7.98. The number of aryl methyl sites for hydroxylation is 2. The highest BCUT2D eigenvalue weighted by Crippen LogP contribution is 2.30. The van der Waals surface area contributed by atoms with Gasteiger partial charge in [0.1, 0.15) is 11.6 Å². The van der Waals surface area contributed by atoms with Gasteiger partial charge < -0.3 is 25.1 Å². The third kappa shape index (κ3) is 8.01. The average molecular weight is 564 g/mol. The fraction of sp³-hybridized carbons (Fsp3) is 0.516. The van der Waals surface area contributed by atoms with E-state index in [9.17, 15) is 4.79 Å². The number of hydrogen-bond donors (Lipinski definition) is 3. The van der Waals surface area contributed by atoms with Gasteiger partial charge in [-0.25, -0.2) is 4.98 Å². The van der Waals surface area contributed by atoms with Gasteiger partial charge in [-0.1, -0.05) is 24.6 Å². The van der Waals surface area contributed by atoms with Crippen molar-refractivity contribution in [3.8, 4) is 0 Å². The zero-order chi connectivity index (χ0) is 27.7. The Morgan fingerprint density at radius 3 is 2.60 bits per heavy atom. The van der Waals surface area contributed by atoms with Crippen LogP contribution in [-0.4, -0.2) is 48.2 Å². The Hall–Kier alpha value is -3.04. The summed E-state index contributed by atoms with van der Waals surface area (Å²) < 4.78 is 11.6. The van der Waals surface area contributed by atoms with Crippen LogP contribution < -0.4 is 16.0 Å². The standard InChI is InChI=1S/C31H41N5O3S/c1-21-6-3-7-22(2)29(21)40-20-26-11-12-27(39-26)30(37)34-17-23-8-4-9-24(16-23)18-35-31-32-14-13-28(36-31)33-19-25-10-5-15-38-25/h3,6-7,11-14,23-25H,4-5,8-10,15-20H2,1-2H3,(H,34,37)(H2,32,33,35,36). The van der Waals surface area contributed by atoms with Gasteiger partial charge in [-0.2, -0.15) is 4.98 Å². The van der Waals surface area contributed by atoms with Gasteiger partial charge in [0.25, 0.3) is 5.91 Å². The van der Waals surface area contributed by atoms with Gasteiger partial charge >= 0.3 is 0 Å². The Bertz CT molecular complexity index is 1240. The first kappa shape index (κ1) is 28.5. The predicted octanol–water partition coefficient (Wildman–Crippen LogP) is 6.22. The number of nitrogens with zero attached hydrogens (tertiary/aromatic N) is 2. The van der Waals surface area contributed by atoms with Gasteiger partial charge in [0.2, 0.25) is 5.95 Å². The molecule has 1 aliphatic heterocycles. The van der Waals surface area contributed by atoms with Crippen molar-refractivity contribution in [1.29, 1.82) is 0 Å². The van der Waals surface area contributed by atoms with E-state index >= 15 is 0 Å². The zero-order valence-electron chi connectivity index (χ0n) is 23.6. The van der Waals surface area contributed by atoms with Crippen molar-refractivity contribution >= 4 is 29.4 Å². The molecular formula is C31H41N5O3S. The lowest BCUT2D eigenvalue weighted by Gasteiger charge is -2.29. The fourth-order valence-corrected chi connectivity index (χ4v) is 6.68. The summed E-state index contributed by atoms with van der Waals surface area (Å²) in [6, 6.07) is 11.9. The first-order valence-electron chi connectivity index (χ1n) is 14.5. The Balaban J connectivity index is 1.03. The molecule has 0 bridgehead atoms. The summed E-state index contributed by atoms with van der Waals surface area (Å²) in [5, 5.41) is 9.91. The van der Waals surface area contributed by atoms with Gasteiger partial charge in [0.15, 0.2) is 5.76 Å². The Morgan fingerprint density at radius 2 is 1.80 bits per heavy atom. The summed E-state index contributed by atoms with van der Waals surface area (Å²) in [7, 11) is 0. The van der Waals surface area contributed by atoms with Crippen LogP contribution in [0, 0.1) is 25.7 Å². The molecule has 3 N–H and O–H groups in total. The molecule has 3 unspecified atom stereocenters. The Morgan fingerprint density at radius 1 is 0.975 bits per heavy atom. The number of ether oxygens (including phenoxy) is 1. The minimum absolute atomic E-state index is 0.135. The Kier molecular flexibility index (Phi) is 10.00. The van der Waals surface area contributed by atoms with Crippen LogP contribution in [0.4, 0.5) is 11.8 Å². The summed E-state index contributed by atoms with van der Waals surface area (Å²) in [4.78, 5) is 23.1. The number of hydrogen-bond acceptors (Lipinski definition) is 8. The van der Waals surface area contributed by atoms with E-state index in [1.165, 1.54) is 22.4 Å². The quantitative estimate of drug-likeness (QED) is 0.223. The molecule has 3 aromatic rings. The van der Waals surface area contributed by atoms with Crippen molar-refractivity contribution in [3.63, 3.8) is 0 Å². The van der Waals surface area contributed by atoms with Gasteiger partial charge in [0, 0.05) is 37.3 Å². The molecule has 8 nitrogen and oxygen atoms in total. The molecule has 9 heteroatoms. The number of furan rings is 1. The van der Waals surface area contributed by atoms with E-state index in [4.69, 9.17) is 9.15 Å². The van der Waals surface area contributed by atoms with Gasteiger partial charge in [-0.15, -0.1) is 11.8 Å². The normalized spacial score (nSPS) is 20.8. The van der Waals surface area contributed by atoms with E-state index in [0.29, 0.717) is 35.8 Å². The van der Waals surface area contributed by atoms with Crippen molar-refractivity contribution < 1.29 is 13.9 Å². The molecule has 0 radical (unpaired) electrons. The van der Waals surface area contributed by atoms with Crippen LogP contribution in [0.15, 0.2) is 51.9 Å². The molecule has 3 heterocycles. The zero-order valence-corrected chi connectivity index (χ0v) is 24.4. The number of benzene rings is 1. The van der Waals surface area contributed by atoms with E-state index < -0.39 is 0 Å². The number of nitrogens with one attached hydrogen (secondary N) is 3. The van der Waals surface area contributed by atoms with Gasteiger partial charge in [0.05, 0.1) is 11.9 Å². The molecular weight excluding hydrogens is 522 g/mol. The summed E-state index contributed by atoms with van der Waals surface area (Å²) in [5.74, 6) is 4.22. The van der Waals surface area contributed by atoms with Crippen molar-refractivity contribution in [2.24, 2.45) is 11.8 Å². The lowest BCUT2D eigenvalue weighted by Crippen LogP contribution is -2.33. The number of aromatic nitrogens is 2. The maximum atomic E-state index is 12.8. The van der Waals surface area contributed by atoms with Crippen molar-refractivity contribution in [2.45, 2.75) is 69.1 Å².